The molecule has 2 aliphatic rings. The molecule has 0 spiro atoms. The average Bonchev–Trinajstić information content (AvgIpc) is 3.10. The van der Waals surface area contributed by atoms with Crippen LogP contribution in [0.1, 0.15) is 60.6 Å². The molecule has 1 saturated carbocycles. The van der Waals surface area contributed by atoms with E-state index in [9.17, 15) is 13.2 Å². The van der Waals surface area contributed by atoms with Gasteiger partial charge in [0.15, 0.2) is 9.84 Å². The number of hydrogen-bond donors (Lipinski definition) is 2. The maximum atomic E-state index is 12.6. The van der Waals surface area contributed by atoms with E-state index in [1.807, 2.05) is 17.5 Å². The fourth-order valence-electron chi connectivity index (χ4n) is 4.83. The Morgan fingerprint density at radius 1 is 1.16 bits per heavy atom. The normalized spacial score (nSPS) is 22.0. The van der Waals surface area contributed by atoms with E-state index in [4.69, 9.17) is 10.1 Å². The first-order valence-electron chi connectivity index (χ1n) is 11.1. The fourth-order valence-corrected chi connectivity index (χ4v) is 6.75. The summed E-state index contributed by atoms with van der Waals surface area (Å²) in [6, 6.07) is 3.90. The summed E-state index contributed by atoms with van der Waals surface area (Å²) >= 11 is 1.62. The molecule has 1 aliphatic heterocycles. The molecule has 0 bridgehead atoms. The topological polar surface area (TPSA) is 96.4 Å². The van der Waals surface area contributed by atoms with Crippen LogP contribution in [-0.2, 0) is 27.5 Å². The molecule has 0 amide bonds. The second-order valence-corrected chi connectivity index (χ2v) is 11.7. The molecule has 2 aromatic rings. The Morgan fingerprint density at radius 2 is 1.84 bits per heavy atom. The summed E-state index contributed by atoms with van der Waals surface area (Å²) in [7, 11) is -3.37. The van der Waals surface area contributed by atoms with Gasteiger partial charge < -0.3 is 10.4 Å². The number of thiazole rings is 1. The van der Waals surface area contributed by atoms with Crippen molar-refractivity contribution >= 4 is 27.1 Å². The summed E-state index contributed by atoms with van der Waals surface area (Å²) in [6.07, 6.45) is 8.12. The van der Waals surface area contributed by atoms with Crippen molar-refractivity contribution in [3.63, 3.8) is 0 Å². The predicted octanol–water partition coefficient (Wildman–Crippen LogP) is 4.04. The summed E-state index contributed by atoms with van der Waals surface area (Å²) in [4.78, 5) is 16.1. The average molecular weight is 463 g/mol. The maximum Gasteiger partial charge on any atom is 0.303 e. The van der Waals surface area contributed by atoms with Gasteiger partial charge in [0.25, 0.3) is 0 Å². The first-order chi connectivity index (χ1) is 14.8. The van der Waals surface area contributed by atoms with Crippen molar-refractivity contribution in [3.05, 3.63) is 33.6 Å². The van der Waals surface area contributed by atoms with Crippen LogP contribution in [0, 0.1) is 5.92 Å². The van der Waals surface area contributed by atoms with Gasteiger partial charge in [0, 0.05) is 29.5 Å². The third kappa shape index (κ3) is 5.35. The number of nitrogens with one attached hydrogen (secondary N) is 1. The van der Waals surface area contributed by atoms with E-state index in [1.54, 1.807) is 11.3 Å². The number of nitrogens with zero attached hydrogens (tertiary/aromatic N) is 1. The highest BCUT2D eigenvalue weighted by atomic mass is 32.2. The Morgan fingerprint density at radius 3 is 2.48 bits per heavy atom. The quantitative estimate of drug-likeness (QED) is 0.673. The van der Waals surface area contributed by atoms with Gasteiger partial charge in [-0.2, -0.15) is 0 Å². The molecule has 2 N–H and O–H groups in total. The molecule has 0 saturated heterocycles. The second kappa shape index (κ2) is 9.38. The first-order valence-corrected chi connectivity index (χ1v) is 13.8. The number of benzene rings is 1. The standard InChI is InChI=1S/C23H30N2O4S2/c1-31(28,29)21-13-18-9-11-24-10-8-17(18)12-19(21)20-14-30-23(25-20)16-5-2-15(3-6-16)4-7-22(26)27/h12-16,24H,2-11H2,1H3,(H,26,27)/t15-,16-. The molecule has 0 atom stereocenters. The van der Waals surface area contributed by atoms with Crippen LogP contribution in [0.3, 0.4) is 0 Å². The monoisotopic (exact) mass is 462 g/mol. The molecule has 0 unspecified atom stereocenters. The van der Waals surface area contributed by atoms with Gasteiger partial charge in [0.1, 0.15) is 0 Å². The second-order valence-electron chi connectivity index (χ2n) is 8.86. The summed E-state index contributed by atoms with van der Waals surface area (Å²) in [5, 5.41) is 15.4. The Kier molecular flexibility index (Phi) is 6.79. The summed E-state index contributed by atoms with van der Waals surface area (Å²) in [5.74, 6) is 0.151. The van der Waals surface area contributed by atoms with E-state index >= 15 is 0 Å². The molecule has 168 valence electrons. The van der Waals surface area contributed by atoms with Gasteiger partial charge in [-0.1, -0.05) is 0 Å². The van der Waals surface area contributed by atoms with Gasteiger partial charge in [-0.25, -0.2) is 13.4 Å². The molecular weight excluding hydrogens is 432 g/mol. The minimum Gasteiger partial charge on any atom is -0.481 e. The number of fused-ring (bicyclic) bond motifs is 1. The fraction of sp³-hybridized carbons (Fsp3) is 0.565. The zero-order valence-electron chi connectivity index (χ0n) is 17.9. The van der Waals surface area contributed by atoms with Crippen LogP contribution in [0.5, 0.6) is 0 Å². The summed E-state index contributed by atoms with van der Waals surface area (Å²) in [5.41, 5.74) is 3.81. The first kappa shape index (κ1) is 22.4. The minimum absolute atomic E-state index is 0.249. The van der Waals surface area contributed by atoms with Crippen molar-refractivity contribution in [2.24, 2.45) is 5.92 Å². The minimum atomic E-state index is -3.37. The van der Waals surface area contributed by atoms with Crippen molar-refractivity contribution in [2.75, 3.05) is 19.3 Å². The Bertz CT molecular complexity index is 1050. The zero-order chi connectivity index (χ0) is 22.0. The number of carbonyl (C=O) groups is 1. The largest absolute Gasteiger partial charge is 0.481 e. The van der Waals surface area contributed by atoms with Crippen LogP contribution < -0.4 is 5.32 Å². The number of rotatable bonds is 6. The maximum absolute atomic E-state index is 12.6. The highest BCUT2D eigenvalue weighted by molar-refractivity contribution is 7.90. The molecule has 1 aromatic carbocycles. The Labute approximate surface area is 188 Å². The number of carboxylic acid groups (broad SMARTS) is 1. The van der Waals surface area contributed by atoms with Crippen LogP contribution in [0.15, 0.2) is 22.4 Å². The third-order valence-electron chi connectivity index (χ3n) is 6.60. The Balaban J connectivity index is 1.56. The molecular formula is C23H30N2O4S2. The van der Waals surface area contributed by atoms with Gasteiger partial charge in [0.2, 0.25) is 0 Å². The van der Waals surface area contributed by atoms with Crippen molar-refractivity contribution in [3.8, 4) is 11.3 Å². The van der Waals surface area contributed by atoms with Crippen LogP contribution in [0.25, 0.3) is 11.3 Å². The smallest absolute Gasteiger partial charge is 0.303 e. The van der Waals surface area contributed by atoms with E-state index in [0.717, 1.165) is 79.9 Å². The highest BCUT2D eigenvalue weighted by Gasteiger charge is 2.26. The molecule has 1 fully saturated rings. The van der Waals surface area contributed by atoms with Crippen LogP contribution in [0.4, 0.5) is 0 Å². The molecule has 1 aromatic heterocycles. The van der Waals surface area contributed by atoms with E-state index in [-0.39, 0.29) is 6.42 Å². The number of carboxylic acids is 1. The van der Waals surface area contributed by atoms with Gasteiger partial charge in [-0.05, 0) is 87.2 Å². The molecule has 6 nitrogen and oxygen atoms in total. The number of aliphatic carboxylic acids is 1. The van der Waals surface area contributed by atoms with Crippen molar-refractivity contribution in [2.45, 2.75) is 62.2 Å². The highest BCUT2D eigenvalue weighted by Crippen LogP contribution is 2.40. The Hall–Kier alpha value is -1.77. The molecule has 1 aliphatic carbocycles. The van der Waals surface area contributed by atoms with Crippen molar-refractivity contribution < 1.29 is 18.3 Å². The lowest BCUT2D eigenvalue weighted by molar-refractivity contribution is -0.137. The van der Waals surface area contributed by atoms with E-state index in [0.29, 0.717) is 16.7 Å². The molecule has 31 heavy (non-hydrogen) atoms. The predicted molar refractivity (Wildman–Crippen MR) is 123 cm³/mol. The lowest BCUT2D eigenvalue weighted by atomic mass is 9.80. The van der Waals surface area contributed by atoms with Gasteiger partial charge in [0.05, 0.1) is 15.6 Å². The molecule has 4 rings (SSSR count). The number of sulfone groups is 1. The number of aromatic nitrogens is 1. The van der Waals surface area contributed by atoms with Gasteiger partial charge in [-0.15, -0.1) is 11.3 Å². The third-order valence-corrected chi connectivity index (χ3v) is 8.75. The van der Waals surface area contributed by atoms with E-state index in [2.05, 4.69) is 5.32 Å². The van der Waals surface area contributed by atoms with Crippen LogP contribution >= 0.6 is 11.3 Å². The summed E-state index contributed by atoms with van der Waals surface area (Å²) in [6.45, 7) is 1.77. The van der Waals surface area contributed by atoms with Gasteiger partial charge >= 0.3 is 5.97 Å². The van der Waals surface area contributed by atoms with Crippen LogP contribution in [0.2, 0.25) is 0 Å². The molecule has 8 heteroatoms. The SMILES string of the molecule is CS(=O)(=O)c1cc2c(cc1-c1csc([C@H]3CC[C@H](CCC(=O)O)CC3)n1)CCNCC2. The molecule has 0 radical (unpaired) electrons. The number of hydrogen-bond acceptors (Lipinski definition) is 6. The van der Waals surface area contributed by atoms with Crippen molar-refractivity contribution in [1.29, 1.82) is 0 Å². The van der Waals surface area contributed by atoms with E-state index in [1.165, 1.54) is 11.8 Å². The van der Waals surface area contributed by atoms with Gasteiger partial charge in [-0.3, -0.25) is 4.79 Å². The van der Waals surface area contributed by atoms with Crippen molar-refractivity contribution in [1.82, 2.24) is 10.3 Å². The zero-order valence-corrected chi connectivity index (χ0v) is 19.5. The summed E-state index contributed by atoms with van der Waals surface area (Å²) < 4.78 is 25.1. The lowest BCUT2D eigenvalue weighted by Gasteiger charge is -2.26. The van der Waals surface area contributed by atoms with E-state index < -0.39 is 15.8 Å². The lowest BCUT2D eigenvalue weighted by Crippen LogP contribution is -2.16. The van der Waals surface area contributed by atoms with Crippen LogP contribution in [-0.4, -0.2) is 43.8 Å². The molecule has 2 heterocycles.